The lowest BCUT2D eigenvalue weighted by molar-refractivity contribution is -0.130. The summed E-state index contributed by atoms with van der Waals surface area (Å²) in [7, 11) is 0. The van der Waals surface area contributed by atoms with Crippen LogP contribution < -0.4 is 5.73 Å². The smallest absolute Gasteiger partial charge is 0.253 e. The van der Waals surface area contributed by atoms with E-state index < -0.39 is 5.41 Å². The van der Waals surface area contributed by atoms with E-state index in [1.54, 1.807) is 17.3 Å². The van der Waals surface area contributed by atoms with Crippen LogP contribution in [0, 0.1) is 5.41 Å². The van der Waals surface area contributed by atoms with Crippen LogP contribution in [-0.4, -0.2) is 34.8 Å². The number of hydrogen-bond donors (Lipinski definition) is 1. The van der Waals surface area contributed by atoms with Crippen molar-refractivity contribution in [2.24, 2.45) is 11.1 Å². The van der Waals surface area contributed by atoms with Crippen LogP contribution in [-0.2, 0) is 11.2 Å². The molecule has 2 amide bonds. The monoisotopic (exact) mass is 399 g/mol. The molecule has 30 heavy (non-hydrogen) atoms. The molecule has 1 saturated heterocycles. The third-order valence-electron chi connectivity index (χ3n) is 5.95. The topological polar surface area (TPSA) is 76.3 Å². The highest BCUT2D eigenvalue weighted by molar-refractivity contribution is 5.95. The Kier molecular flexibility index (Phi) is 5.61. The molecule has 4 rings (SSSR count). The van der Waals surface area contributed by atoms with Gasteiger partial charge in [0, 0.05) is 31.0 Å². The number of piperidine rings is 1. The fourth-order valence-corrected chi connectivity index (χ4v) is 4.35. The third-order valence-corrected chi connectivity index (χ3v) is 5.95. The van der Waals surface area contributed by atoms with E-state index in [2.05, 4.69) is 11.1 Å². The first kappa shape index (κ1) is 19.8. The average molecular weight is 399 g/mol. The molecule has 1 aliphatic rings. The van der Waals surface area contributed by atoms with Crippen LogP contribution in [0.1, 0.15) is 28.8 Å². The van der Waals surface area contributed by atoms with Gasteiger partial charge in [-0.25, -0.2) is 0 Å². The minimum atomic E-state index is -0.786. The van der Waals surface area contributed by atoms with E-state index >= 15 is 0 Å². The molecule has 1 atom stereocenters. The first-order chi connectivity index (χ1) is 14.6. The van der Waals surface area contributed by atoms with Gasteiger partial charge in [0.05, 0.1) is 5.41 Å². The summed E-state index contributed by atoms with van der Waals surface area (Å²) in [4.78, 5) is 31.6. The van der Waals surface area contributed by atoms with Crippen LogP contribution in [0.3, 0.4) is 0 Å². The van der Waals surface area contributed by atoms with E-state index in [0.29, 0.717) is 31.5 Å². The maximum Gasteiger partial charge on any atom is 0.253 e. The molecule has 2 aromatic carbocycles. The van der Waals surface area contributed by atoms with E-state index in [1.807, 2.05) is 60.7 Å². The van der Waals surface area contributed by atoms with Crippen LogP contribution in [0.25, 0.3) is 11.1 Å². The lowest BCUT2D eigenvalue weighted by Crippen LogP contribution is -2.53. The number of carbonyl (C=O) groups excluding carboxylic acids is 2. The Morgan fingerprint density at radius 1 is 0.967 bits per heavy atom. The third kappa shape index (κ3) is 3.96. The molecule has 2 N–H and O–H groups in total. The highest BCUT2D eigenvalue weighted by Gasteiger charge is 2.42. The number of rotatable bonds is 5. The molecule has 3 aromatic rings. The molecule has 1 fully saturated rings. The molecule has 1 aliphatic heterocycles. The van der Waals surface area contributed by atoms with Gasteiger partial charge in [0.2, 0.25) is 5.91 Å². The fourth-order valence-electron chi connectivity index (χ4n) is 4.35. The van der Waals surface area contributed by atoms with Gasteiger partial charge in [-0.3, -0.25) is 14.6 Å². The molecule has 5 heteroatoms. The first-order valence-electron chi connectivity index (χ1n) is 10.2. The number of aromatic nitrogens is 1. The SMILES string of the molecule is NC(=O)C1(Cc2ccccc2-c2ccncc2)CCCN(C(=O)c2ccccc2)C1. The lowest BCUT2D eigenvalue weighted by atomic mass is 9.73. The molecule has 0 bridgehead atoms. The number of nitrogens with zero attached hydrogens (tertiary/aromatic N) is 2. The number of amides is 2. The zero-order valence-electron chi connectivity index (χ0n) is 16.8. The second-order valence-electron chi connectivity index (χ2n) is 7.91. The van der Waals surface area contributed by atoms with Gasteiger partial charge >= 0.3 is 0 Å². The zero-order valence-corrected chi connectivity index (χ0v) is 16.8. The first-order valence-corrected chi connectivity index (χ1v) is 10.2. The zero-order chi connectivity index (χ0) is 21.0. The average Bonchev–Trinajstić information content (AvgIpc) is 2.80. The van der Waals surface area contributed by atoms with E-state index in [1.165, 1.54) is 0 Å². The number of pyridine rings is 1. The van der Waals surface area contributed by atoms with Crippen LogP contribution in [0.2, 0.25) is 0 Å². The standard InChI is InChI=1S/C25H25N3O2/c26-24(30)25(13-6-16-28(18-25)23(29)20-7-2-1-3-8-20)17-21-9-4-5-10-22(21)19-11-14-27-15-12-19/h1-5,7-12,14-15H,6,13,16-18H2,(H2,26,30). The van der Waals surface area contributed by atoms with Gasteiger partial charge in [-0.15, -0.1) is 0 Å². The van der Waals surface area contributed by atoms with Crippen LogP contribution >= 0.6 is 0 Å². The van der Waals surface area contributed by atoms with Crippen molar-refractivity contribution in [3.63, 3.8) is 0 Å². The summed E-state index contributed by atoms with van der Waals surface area (Å²) < 4.78 is 0. The summed E-state index contributed by atoms with van der Waals surface area (Å²) in [5.41, 5.74) is 8.96. The normalized spacial score (nSPS) is 18.7. The minimum Gasteiger partial charge on any atom is -0.369 e. The molecule has 0 aliphatic carbocycles. The molecular weight excluding hydrogens is 374 g/mol. The summed E-state index contributed by atoms with van der Waals surface area (Å²) in [6.07, 6.45) is 5.44. The Bertz CT molecular complexity index is 1040. The van der Waals surface area contributed by atoms with Gasteiger partial charge in [-0.2, -0.15) is 0 Å². The molecule has 2 heterocycles. The second kappa shape index (κ2) is 8.49. The van der Waals surface area contributed by atoms with E-state index in [4.69, 9.17) is 5.73 Å². The predicted octanol–water partition coefficient (Wildman–Crippen LogP) is 3.70. The van der Waals surface area contributed by atoms with Crippen LogP contribution in [0.4, 0.5) is 0 Å². The van der Waals surface area contributed by atoms with Gasteiger partial charge in [0.15, 0.2) is 0 Å². The number of carbonyl (C=O) groups is 2. The fraction of sp³-hybridized carbons (Fsp3) is 0.240. The quantitative estimate of drug-likeness (QED) is 0.711. The van der Waals surface area contributed by atoms with E-state index in [0.717, 1.165) is 23.1 Å². The lowest BCUT2D eigenvalue weighted by Gasteiger charge is -2.41. The van der Waals surface area contributed by atoms with E-state index in [9.17, 15) is 9.59 Å². The number of hydrogen-bond acceptors (Lipinski definition) is 3. The number of primary amides is 1. The molecule has 1 unspecified atom stereocenters. The second-order valence-corrected chi connectivity index (χ2v) is 7.91. The van der Waals surface area contributed by atoms with Crippen molar-refractivity contribution in [2.75, 3.05) is 13.1 Å². The van der Waals surface area contributed by atoms with Crippen molar-refractivity contribution < 1.29 is 9.59 Å². The van der Waals surface area contributed by atoms with Gasteiger partial charge in [0.1, 0.15) is 0 Å². The molecular formula is C25H25N3O2. The summed E-state index contributed by atoms with van der Waals surface area (Å²) in [6.45, 7) is 0.968. The Morgan fingerprint density at radius 3 is 2.40 bits per heavy atom. The number of likely N-dealkylation sites (tertiary alicyclic amines) is 1. The predicted molar refractivity (Wildman–Crippen MR) is 117 cm³/mol. The number of benzene rings is 2. The molecule has 152 valence electrons. The van der Waals surface area contributed by atoms with Crippen LogP contribution in [0.15, 0.2) is 79.1 Å². The molecule has 1 aromatic heterocycles. The highest BCUT2D eigenvalue weighted by atomic mass is 16.2. The van der Waals surface area contributed by atoms with Crippen molar-refractivity contribution >= 4 is 11.8 Å². The largest absolute Gasteiger partial charge is 0.369 e. The summed E-state index contributed by atoms with van der Waals surface area (Å²) >= 11 is 0. The molecule has 0 radical (unpaired) electrons. The maximum atomic E-state index is 13.0. The minimum absolute atomic E-state index is 0.0525. The van der Waals surface area contributed by atoms with Gasteiger partial charge in [-0.05, 0) is 60.2 Å². The van der Waals surface area contributed by atoms with Crippen molar-refractivity contribution in [1.82, 2.24) is 9.88 Å². The van der Waals surface area contributed by atoms with Crippen LogP contribution in [0.5, 0.6) is 0 Å². The summed E-state index contributed by atoms with van der Waals surface area (Å²) in [5.74, 6) is -0.402. The van der Waals surface area contributed by atoms with Crippen molar-refractivity contribution in [2.45, 2.75) is 19.3 Å². The maximum absolute atomic E-state index is 13.0. The summed E-state index contributed by atoms with van der Waals surface area (Å²) in [6, 6.07) is 21.2. The molecule has 0 spiro atoms. The molecule has 5 nitrogen and oxygen atoms in total. The Balaban J connectivity index is 1.65. The highest BCUT2D eigenvalue weighted by Crippen LogP contribution is 2.37. The van der Waals surface area contributed by atoms with Crippen molar-refractivity contribution in [3.05, 3.63) is 90.3 Å². The van der Waals surface area contributed by atoms with Crippen molar-refractivity contribution in [1.29, 1.82) is 0 Å². The summed E-state index contributed by atoms with van der Waals surface area (Å²) in [5, 5.41) is 0. The Hall–Kier alpha value is -3.47. The van der Waals surface area contributed by atoms with Gasteiger partial charge in [-0.1, -0.05) is 42.5 Å². The van der Waals surface area contributed by atoms with Crippen molar-refractivity contribution in [3.8, 4) is 11.1 Å². The Labute approximate surface area is 176 Å². The van der Waals surface area contributed by atoms with Gasteiger partial charge < -0.3 is 10.6 Å². The molecule has 0 saturated carbocycles. The Morgan fingerprint density at radius 2 is 1.67 bits per heavy atom. The van der Waals surface area contributed by atoms with Gasteiger partial charge in [0.25, 0.3) is 5.91 Å². The number of nitrogens with two attached hydrogens (primary N) is 1. The van der Waals surface area contributed by atoms with E-state index in [-0.39, 0.29) is 11.8 Å².